The van der Waals surface area contributed by atoms with Crippen molar-refractivity contribution in [1.29, 1.82) is 0 Å². The van der Waals surface area contributed by atoms with Gasteiger partial charge in [0.05, 0.1) is 0 Å². The molecular formula is C16H15ClN4O2. The van der Waals surface area contributed by atoms with E-state index < -0.39 is 0 Å². The summed E-state index contributed by atoms with van der Waals surface area (Å²) < 4.78 is 0. The second kappa shape index (κ2) is 5.51. The molecule has 0 amide bonds. The van der Waals surface area contributed by atoms with E-state index in [0.717, 1.165) is 16.9 Å². The van der Waals surface area contributed by atoms with E-state index in [1.807, 2.05) is 46.9 Å². The Kier molecular flexibility index (Phi) is 3.65. The number of rotatable bonds is 1. The first kappa shape index (κ1) is 15.2. The first-order chi connectivity index (χ1) is 10.6. The van der Waals surface area contributed by atoms with Gasteiger partial charge in [-0.1, -0.05) is 29.8 Å². The Bertz CT molecular complexity index is 817. The summed E-state index contributed by atoms with van der Waals surface area (Å²) in [5, 5.41) is 14.8. The average molecular weight is 331 g/mol. The van der Waals surface area contributed by atoms with Crippen LogP contribution in [0.4, 0.5) is 11.4 Å². The van der Waals surface area contributed by atoms with Crippen LogP contribution in [0.1, 0.15) is 5.56 Å². The van der Waals surface area contributed by atoms with Crippen LogP contribution in [0.25, 0.3) is 5.70 Å². The highest BCUT2D eigenvalue weighted by atomic mass is 35.5. The van der Waals surface area contributed by atoms with Crippen molar-refractivity contribution in [1.82, 2.24) is 0 Å². The Morgan fingerprint density at radius 1 is 1.00 bits per heavy atom. The Morgan fingerprint density at radius 3 is 2.43 bits per heavy atom. The lowest BCUT2D eigenvalue weighted by Gasteiger charge is -2.24. The van der Waals surface area contributed by atoms with Crippen LogP contribution in [0.2, 0.25) is 5.02 Å². The van der Waals surface area contributed by atoms with Gasteiger partial charge in [-0.05, 0) is 36.4 Å². The zero-order chi connectivity index (χ0) is 15.3. The molecule has 0 aliphatic carbocycles. The molecule has 23 heavy (non-hydrogen) atoms. The van der Waals surface area contributed by atoms with Gasteiger partial charge in [-0.25, -0.2) is 0 Å². The van der Waals surface area contributed by atoms with Crippen molar-refractivity contribution >= 4 is 28.7 Å². The topological polar surface area (TPSA) is 99.3 Å². The molecular weight excluding hydrogens is 316 g/mol. The number of aliphatic hydroxyl groups excluding tert-OH is 1. The van der Waals surface area contributed by atoms with Gasteiger partial charge >= 0.3 is 0 Å². The Balaban J connectivity index is 0.00000156. The van der Waals surface area contributed by atoms with Gasteiger partial charge in [-0.2, -0.15) is 5.01 Å². The number of aliphatic hydroxyl groups is 1. The van der Waals surface area contributed by atoms with Crippen molar-refractivity contribution < 1.29 is 16.1 Å². The van der Waals surface area contributed by atoms with Crippen LogP contribution in [-0.4, -0.2) is 10.6 Å². The molecule has 2 aromatic carbocycles. The van der Waals surface area contributed by atoms with Gasteiger partial charge in [0.25, 0.3) is 5.88 Å². The van der Waals surface area contributed by atoms with Crippen LogP contribution in [0.5, 0.6) is 0 Å². The largest absolute Gasteiger partial charge is 0.870 e. The number of halogens is 1. The van der Waals surface area contributed by atoms with E-state index in [0.29, 0.717) is 16.4 Å². The van der Waals surface area contributed by atoms with Gasteiger partial charge in [0, 0.05) is 16.3 Å². The van der Waals surface area contributed by atoms with Gasteiger partial charge in [-0.15, -0.1) is 10.5 Å². The average Bonchev–Trinajstić information content (AvgIpc) is 2.86. The number of quaternary nitrogens is 1. The fraction of sp³-hybridized carbons (Fsp3) is 0. The number of hydrogen-bond donors (Lipinski definition) is 3. The molecule has 4 rings (SSSR count). The van der Waals surface area contributed by atoms with Crippen molar-refractivity contribution in [2.24, 2.45) is 5.73 Å². The number of fused-ring (bicyclic) bond motifs is 3. The fourth-order valence-electron chi connectivity index (χ4n) is 2.73. The predicted octanol–water partition coefficient (Wildman–Crippen LogP) is 1.92. The maximum absolute atomic E-state index is 10.5. The van der Waals surface area contributed by atoms with Gasteiger partial charge in [0.2, 0.25) is 0 Å². The lowest BCUT2D eigenvalue weighted by molar-refractivity contribution is -0.661. The van der Waals surface area contributed by atoms with Crippen LogP contribution in [0.3, 0.4) is 0 Å². The summed E-state index contributed by atoms with van der Waals surface area (Å²) in [6.07, 6.45) is 1.78. The zero-order valence-electron chi connectivity index (χ0n) is 12.0. The van der Waals surface area contributed by atoms with E-state index in [-0.39, 0.29) is 11.4 Å². The minimum atomic E-state index is 0. The van der Waals surface area contributed by atoms with Crippen LogP contribution in [0, 0.1) is 0 Å². The van der Waals surface area contributed by atoms with Crippen LogP contribution in [0.15, 0.2) is 66.2 Å². The van der Waals surface area contributed by atoms with Crippen LogP contribution >= 0.6 is 11.6 Å². The first-order valence-electron chi connectivity index (χ1n) is 6.84. The van der Waals surface area contributed by atoms with Crippen molar-refractivity contribution in [3.05, 3.63) is 76.8 Å². The molecule has 0 bridgehead atoms. The Labute approximate surface area is 137 Å². The summed E-state index contributed by atoms with van der Waals surface area (Å²) in [4.78, 5) is 0. The third-order valence-corrected chi connectivity index (χ3v) is 4.07. The number of para-hydroxylation sites is 1. The van der Waals surface area contributed by atoms with E-state index in [9.17, 15) is 5.11 Å². The second-order valence-electron chi connectivity index (χ2n) is 5.16. The standard InChI is InChI=1S/C16H13ClN4O.H2O/c17-10-5-7-11(8-6-10)20-16(22)15-9-13(18)12-3-1-2-4-14(12)21(15)19-20;/h1-9,19,22H,18H2;1H2. The highest BCUT2D eigenvalue weighted by Crippen LogP contribution is 2.34. The molecule has 0 saturated carbocycles. The number of nitrogens with two attached hydrogens (primary N) is 2. The van der Waals surface area contributed by atoms with E-state index in [1.54, 1.807) is 23.2 Å². The third-order valence-electron chi connectivity index (χ3n) is 3.82. The molecule has 0 fully saturated rings. The molecule has 0 radical (unpaired) electrons. The van der Waals surface area contributed by atoms with Gasteiger partial charge in [-0.3, -0.25) is 0 Å². The molecule has 118 valence electrons. The van der Waals surface area contributed by atoms with Crippen molar-refractivity contribution in [2.45, 2.75) is 0 Å². The quantitative estimate of drug-likeness (QED) is 0.694. The second-order valence-corrected chi connectivity index (χ2v) is 5.59. The smallest absolute Gasteiger partial charge is 0.271 e. The summed E-state index contributed by atoms with van der Waals surface area (Å²) >= 11 is 5.92. The Hall–Kier alpha value is -2.67. The molecule has 0 atom stereocenters. The van der Waals surface area contributed by atoms with E-state index >= 15 is 0 Å². The maximum Gasteiger partial charge on any atom is 0.271 e. The lowest BCUT2D eigenvalue weighted by Crippen LogP contribution is -2.99. The molecule has 0 spiro atoms. The molecule has 6 nitrogen and oxygen atoms in total. The molecule has 2 aliphatic rings. The number of benzene rings is 2. The lowest BCUT2D eigenvalue weighted by atomic mass is 10.0. The third kappa shape index (κ3) is 2.29. The van der Waals surface area contributed by atoms with Crippen molar-refractivity contribution in [3.8, 4) is 0 Å². The number of nitrogens with zero attached hydrogens (tertiary/aromatic N) is 2. The van der Waals surface area contributed by atoms with Crippen LogP contribution < -0.4 is 21.3 Å². The molecule has 7 heteroatoms. The molecule has 0 unspecified atom stereocenters. The first-order valence-corrected chi connectivity index (χ1v) is 7.22. The maximum atomic E-state index is 10.5. The summed E-state index contributed by atoms with van der Waals surface area (Å²) in [5.41, 5.74) is 12.0. The SMILES string of the molecule is NC1=CC2=C(O)N(c3ccc(Cl)cc3)[NH2+]N2c2ccccc21.[OH-]. The minimum Gasteiger partial charge on any atom is -0.870 e. The summed E-state index contributed by atoms with van der Waals surface area (Å²) in [5.74, 6) is 0.139. The molecule has 2 aliphatic heterocycles. The van der Waals surface area contributed by atoms with E-state index in [2.05, 4.69) is 0 Å². The number of anilines is 2. The molecule has 6 N–H and O–H groups in total. The monoisotopic (exact) mass is 330 g/mol. The van der Waals surface area contributed by atoms with E-state index in [4.69, 9.17) is 17.3 Å². The highest BCUT2D eigenvalue weighted by molar-refractivity contribution is 6.30. The fourth-order valence-corrected chi connectivity index (χ4v) is 2.86. The molecule has 0 aromatic heterocycles. The predicted molar refractivity (Wildman–Crippen MR) is 88.5 cm³/mol. The number of allylic oxidation sites excluding steroid dienone is 1. The minimum absolute atomic E-state index is 0. The van der Waals surface area contributed by atoms with E-state index in [1.165, 1.54) is 0 Å². The summed E-state index contributed by atoms with van der Waals surface area (Å²) in [7, 11) is 0. The summed E-state index contributed by atoms with van der Waals surface area (Å²) in [6, 6.07) is 15.1. The van der Waals surface area contributed by atoms with Gasteiger partial charge in [0.1, 0.15) is 11.4 Å². The zero-order valence-corrected chi connectivity index (χ0v) is 12.8. The molecule has 2 heterocycles. The summed E-state index contributed by atoms with van der Waals surface area (Å²) in [6.45, 7) is 0. The highest BCUT2D eigenvalue weighted by Gasteiger charge is 2.38. The molecule has 0 saturated heterocycles. The molecule has 2 aromatic rings. The van der Waals surface area contributed by atoms with Gasteiger partial charge in [0.15, 0.2) is 5.70 Å². The Morgan fingerprint density at radius 2 is 1.70 bits per heavy atom. The van der Waals surface area contributed by atoms with Crippen LogP contribution in [-0.2, 0) is 0 Å². The number of hydrogen-bond acceptors (Lipinski definition) is 5. The van der Waals surface area contributed by atoms with Crippen molar-refractivity contribution in [3.63, 3.8) is 0 Å². The van der Waals surface area contributed by atoms with Crippen molar-refractivity contribution in [2.75, 3.05) is 10.0 Å². The van der Waals surface area contributed by atoms with Gasteiger partial charge < -0.3 is 16.3 Å². The normalized spacial score (nSPS) is 15.8.